The molecule has 1 heterocycles. The van der Waals surface area contributed by atoms with Crippen LogP contribution in [0, 0.1) is 18.7 Å². The van der Waals surface area contributed by atoms with Crippen LogP contribution in [0.4, 0.5) is 4.39 Å². The lowest BCUT2D eigenvalue weighted by molar-refractivity contribution is -0.125. The molecule has 1 saturated heterocycles. The smallest absolute Gasteiger partial charge is 0.224 e. The Morgan fingerprint density at radius 3 is 2.95 bits per heavy atom. The first-order valence-corrected chi connectivity index (χ1v) is 6.90. The molecule has 0 aromatic heterocycles. The van der Waals surface area contributed by atoms with Crippen molar-refractivity contribution in [3.8, 4) is 0 Å². The highest BCUT2D eigenvalue weighted by Gasteiger charge is 2.20. The number of aryl methyl sites for hydroxylation is 1. The summed E-state index contributed by atoms with van der Waals surface area (Å²) in [4.78, 5) is 11.9. The van der Waals surface area contributed by atoms with Crippen LogP contribution in [0.2, 0.25) is 0 Å². The fraction of sp³-hybridized carbons (Fsp3) is 0.533. The van der Waals surface area contributed by atoms with Gasteiger partial charge in [0.05, 0.1) is 5.92 Å². The number of rotatable bonds is 4. The van der Waals surface area contributed by atoms with Crippen LogP contribution in [0.1, 0.15) is 24.0 Å². The minimum atomic E-state index is -0.210. The number of carbonyl (C=O) groups excluding carboxylic acids is 1. The molecule has 3 nitrogen and oxygen atoms in total. The second-order valence-electron chi connectivity index (χ2n) is 5.16. The third-order valence-electron chi connectivity index (χ3n) is 3.67. The molecule has 1 aliphatic rings. The summed E-state index contributed by atoms with van der Waals surface area (Å²) in [7, 11) is 0. The number of amides is 1. The minimum Gasteiger partial charge on any atom is -0.355 e. The predicted octanol–water partition coefficient (Wildman–Crippen LogP) is 2.21. The van der Waals surface area contributed by atoms with Crippen molar-refractivity contribution in [2.24, 2.45) is 5.92 Å². The maximum atomic E-state index is 13.0. The number of benzene rings is 1. The molecule has 1 aromatic rings. The Bertz CT molecular complexity index is 447. The van der Waals surface area contributed by atoms with E-state index in [1.807, 2.05) is 6.92 Å². The molecule has 1 fully saturated rings. The van der Waals surface area contributed by atoms with Gasteiger partial charge < -0.3 is 10.6 Å². The van der Waals surface area contributed by atoms with Crippen molar-refractivity contribution in [2.45, 2.75) is 26.2 Å². The van der Waals surface area contributed by atoms with Crippen molar-refractivity contribution < 1.29 is 9.18 Å². The molecule has 1 aliphatic heterocycles. The fourth-order valence-electron chi connectivity index (χ4n) is 2.48. The quantitative estimate of drug-likeness (QED) is 0.895. The Morgan fingerprint density at radius 2 is 2.30 bits per heavy atom. The Hall–Kier alpha value is -1.13. The SMILES string of the molecule is Cc1cc(F)ccc1CCNC(=O)[C@@H]1CCCNC1.Cl. The topological polar surface area (TPSA) is 41.1 Å². The van der Waals surface area contributed by atoms with E-state index in [2.05, 4.69) is 10.6 Å². The average molecular weight is 301 g/mol. The van der Waals surface area contributed by atoms with Crippen LogP contribution in [-0.2, 0) is 11.2 Å². The van der Waals surface area contributed by atoms with Crippen molar-refractivity contribution in [3.05, 3.63) is 35.1 Å². The molecule has 1 amide bonds. The number of nitrogens with one attached hydrogen (secondary N) is 2. The van der Waals surface area contributed by atoms with Gasteiger partial charge in [-0.25, -0.2) is 4.39 Å². The van der Waals surface area contributed by atoms with Crippen LogP contribution < -0.4 is 10.6 Å². The largest absolute Gasteiger partial charge is 0.355 e. The van der Waals surface area contributed by atoms with Crippen LogP contribution in [0.3, 0.4) is 0 Å². The van der Waals surface area contributed by atoms with Crippen molar-refractivity contribution in [2.75, 3.05) is 19.6 Å². The summed E-state index contributed by atoms with van der Waals surface area (Å²) in [5, 5.41) is 6.21. The summed E-state index contributed by atoms with van der Waals surface area (Å²) in [5.41, 5.74) is 2.03. The second-order valence-corrected chi connectivity index (χ2v) is 5.16. The van der Waals surface area contributed by atoms with Crippen LogP contribution >= 0.6 is 12.4 Å². The Morgan fingerprint density at radius 1 is 1.50 bits per heavy atom. The maximum Gasteiger partial charge on any atom is 0.224 e. The standard InChI is InChI=1S/C15H21FN2O.ClH/c1-11-9-14(16)5-4-12(11)6-8-18-15(19)13-3-2-7-17-10-13;/h4-5,9,13,17H,2-3,6-8,10H2,1H3,(H,18,19);1H/t13-;/m1./s1. The molecule has 0 aliphatic carbocycles. The maximum absolute atomic E-state index is 13.0. The van der Waals surface area contributed by atoms with Gasteiger partial charge in [0, 0.05) is 13.1 Å². The van der Waals surface area contributed by atoms with Gasteiger partial charge in [-0.2, -0.15) is 0 Å². The van der Waals surface area contributed by atoms with Crippen LogP contribution in [0.5, 0.6) is 0 Å². The average Bonchev–Trinajstić information content (AvgIpc) is 2.42. The van der Waals surface area contributed by atoms with E-state index in [4.69, 9.17) is 0 Å². The van der Waals surface area contributed by atoms with Gasteiger partial charge in [0.25, 0.3) is 0 Å². The monoisotopic (exact) mass is 300 g/mol. The lowest BCUT2D eigenvalue weighted by Gasteiger charge is -2.21. The van der Waals surface area contributed by atoms with E-state index >= 15 is 0 Å². The Labute approximate surface area is 125 Å². The van der Waals surface area contributed by atoms with E-state index in [9.17, 15) is 9.18 Å². The van der Waals surface area contributed by atoms with E-state index in [1.165, 1.54) is 12.1 Å². The molecule has 1 atom stereocenters. The lowest BCUT2D eigenvalue weighted by Crippen LogP contribution is -2.41. The first kappa shape index (κ1) is 16.9. The number of halogens is 2. The summed E-state index contributed by atoms with van der Waals surface area (Å²) in [6, 6.07) is 4.79. The fourth-order valence-corrected chi connectivity index (χ4v) is 2.48. The zero-order chi connectivity index (χ0) is 13.7. The zero-order valence-corrected chi connectivity index (χ0v) is 12.6. The molecule has 0 bridgehead atoms. The van der Waals surface area contributed by atoms with Gasteiger partial charge in [-0.15, -0.1) is 12.4 Å². The summed E-state index contributed by atoms with van der Waals surface area (Å²) in [5.74, 6) is 0.0218. The highest BCUT2D eigenvalue weighted by atomic mass is 35.5. The normalized spacial score (nSPS) is 18.2. The van der Waals surface area contributed by atoms with E-state index < -0.39 is 0 Å². The second kappa shape index (κ2) is 8.22. The molecular weight excluding hydrogens is 279 g/mol. The molecule has 0 saturated carbocycles. The molecule has 20 heavy (non-hydrogen) atoms. The van der Waals surface area contributed by atoms with E-state index in [0.29, 0.717) is 6.54 Å². The number of piperidine rings is 1. The van der Waals surface area contributed by atoms with E-state index in [-0.39, 0.29) is 30.0 Å². The zero-order valence-electron chi connectivity index (χ0n) is 11.7. The number of hydrogen-bond donors (Lipinski definition) is 2. The van der Waals surface area contributed by atoms with E-state index in [0.717, 1.165) is 43.5 Å². The first-order valence-electron chi connectivity index (χ1n) is 6.90. The third kappa shape index (κ3) is 4.76. The number of carbonyl (C=O) groups is 1. The molecule has 2 N–H and O–H groups in total. The predicted molar refractivity (Wildman–Crippen MR) is 80.7 cm³/mol. The summed E-state index contributed by atoms with van der Waals surface area (Å²) >= 11 is 0. The highest BCUT2D eigenvalue weighted by Crippen LogP contribution is 2.11. The van der Waals surface area contributed by atoms with Crippen molar-refractivity contribution >= 4 is 18.3 Å². The van der Waals surface area contributed by atoms with Gasteiger partial charge in [-0.05, 0) is 56.0 Å². The van der Waals surface area contributed by atoms with Gasteiger partial charge in [0.2, 0.25) is 5.91 Å². The summed E-state index contributed by atoms with van der Waals surface area (Å²) < 4.78 is 13.0. The van der Waals surface area contributed by atoms with Crippen molar-refractivity contribution in [1.82, 2.24) is 10.6 Å². The molecule has 1 aromatic carbocycles. The molecule has 0 unspecified atom stereocenters. The Balaban J connectivity index is 0.00000200. The summed E-state index contributed by atoms with van der Waals surface area (Å²) in [6.45, 7) is 4.30. The lowest BCUT2D eigenvalue weighted by atomic mass is 9.98. The van der Waals surface area contributed by atoms with Crippen LogP contribution in [-0.4, -0.2) is 25.5 Å². The molecular formula is C15H22ClFN2O. The van der Waals surface area contributed by atoms with Gasteiger partial charge in [0.1, 0.15) is 5.82 Å². The van der Waals surface area contributed by atoms with Gasteiger partial charge >= 0.3 is 0 Å². The van der Waals surface area contributed by atoms with E-state index in [1.54, 1.807) is 6.07 Å². The number of hydrogen-bond acceptors (Lipinski definition) is 2. The first-order chi connectivity index (χ1) is 9.16. The molecule has 2 rings (SSSR count). The molecule has 5 heteroatoms. The highest BCUT2D eigenvalue weighted by molar-refractivity contribution is 5.85. The van der Waals surface area contributed by atoms with Crippen LogP contribution in [0.15, 0.2) is 18.2 Å². The van der Waals surface area contributed by atoms with Crippen LogP contribution in [0.25, 0.3) is 0 Å². The van der Waals surface area contributed by atoms with Crippen molar-refractivity contribution in [1.29, 1.82) is 0 Å². The van der Waals surface area contributed by atoms with Crippen molar-refractivity contribution in [3.63, 3.8) is 0 Å². The molecule has 112 valence electrons. The van der Waals surface area contributed by atoms with Gasteiger partial charge in [0.15, 0.2) is 0 Å². The molecule has 0 spiro atoms. The van der Waals surface area contributed by atoms with Gasteiger partial charge in [-0.3, -0.25) is 4.79 Å². The Kier molecular flexibility index (Phi) is 6.96. The molecule has 0 radical (unpaired) electrons. The minimum absolute atomic E-state index is 0. The summed E-state index contributed by atoms with van der Waals surface area (Å²) in [6.07, 6.45) is 2.78. The third-order valence-corrected chi connectivity index (χ3v) is 3.67. The van der Waals surface area contributed by atoms with Gasteiger partial charge in [-0.1, -0.05) is 6.07 Å².